The number of aromatic nitrogens is 1. The largest absolute Gasteiger partial charge is 0.384 e. The second-order valence-electron chi connectivity index (χ2n) is 4.70. The Hall–Kier alpha value is -1.62. The molecule has 0 aliphatic carbocycles. The molecule has 1 amide bonds. The second kappa shape index (κ2) is 5.35. The van der Waals surface area contributed by atoms with Gasteiger partial charge >= 0.3 is 0 Å². The third-order valence-electron chi connectivity index (χ3n) is 3.49. The van der Waals surface area contributed by atoms with Crippen molar-refractivity contribution in [2.75, 3.05) is 31.9 Å². The number of nitrogens with zero attached hydrogens (tertiary/aromatic N) is 3. The van der Waals surface area contributed by atoms with Gasteiger partial charge in [0.05, 0.1) is 5.56 Å². The number of hydrogen-bond donors (Lipinski definition) is 1. The number of nitrogens with two attached hydrogens (primary N) is 1. The van der Waals surface area contributed by atoms with Gasteiger partial charge in [0.25, 0.3) is 5.91 Å². The SMILES string of the molecule is CCN1CCN(C(=O)c2ccc(N)nc2)CC1C. The van der Waals surface area contributed by atoms with Crippen molar-refractivity contribution in [3.63, 3.8) is 0 Å². The van der Waals surface area contributed by atoms with Crippen LogP contribution in [0.4, 0.5) is 5.82 Å². The molecule has 1 aliphatic rings. The van der Waals surface area contributed by atoms with E-state index in [1.54, 1.807) is 18.3 Å². The summed E-state index contributed by atoms with van der Waals surface area (Å²) in [6, 6.07) is 3.81. The standard InChI is InChI=1S/C13H20N4O/c1-3-16-6-7-17(9-10(16)2)13(18)11-4-5-12(14)15-8-11/h4-5,8,10H,3,6-7,9H2,1-2H3,(H2,14,15). The number of carbonyl (C=O) groups excluding carboxylic acids is 1. The highest BCUT2D eigenvalue weighted by Crippen LogP contribution is 2.13. The van der Waals surface area contributed by atoms with Gasteiger partial charge in [0, 0.05) is 31.9 Å². The zero-order chi connectivity index (χ0) is 13.1. The van der Waals surface area contributed by atoms with E-state index in [1.165, 1.54) is 0 Å². The molecule has 98 valence electrons. The molecule has 1 saturated heterocycles. The summed E-state index contributed by atoms with van der Waals surface area (Å²) in [5.74, 6) is 0.487. The van der Waals surface area contributed by atoms with Gasteiger partial charge in [0.15, 0.2) is 0 Å². The highest BCUT2D eigenvalue weighted by Gasteiger charge is 2.26. The molecule has 5 heteroatoms. The Balaban J connectivity index is 2.04. The van der Waals surface area contributed by atoms with E-state index in [0.29, 0.717) is 17.4 Å². The van der Waals surface area contributed by atoms with Crippen LogP contribution in [-0.2, 0) is 0 Å². The highest BCUT2D eigenvalue weighted by molar-refractivity contribution is 5.94. The van der Waals surface area contributed by atoms with Crippen molar-refractivity contribution in [1.82, 2.24) is 14.8 Å². The van der Waals surface area contributed by atoms with Crippen LogP contribution in [0.3, 0.4) is 0 Å². The lowest BCUT2D eigenvalue weighted by Crippen LogP contribution is -2.53. The van der Waals surface area contributed by atoms with Crippen molar-refractivity contribution >= 4 is 11.7 Å². The Kier molecular flexibility index (Phi) is 3.81. The second-order valence-corrected chi connectivity index (χ2v) is 4.70. The lowest BCUT2D eigenvalue weighted by Gasteiger charge is -2.39. The average molecular weight is 248 g/mol. The van der Waals surface area contributed by atoms with Crippen molar-refractivity contribution < 1.29 is 4.79 Å². The van der Waals surface area contributed by atoms with E-state index in [4.69, 9.17) is 5.73 Å². The van der Waals surface area contributed by atoms with Crippen molar-refractivity contribution in [1.29, 1.82) is 0 Å². The fraction of sp³-hybridized carbons (Fsp3) is 0.538. The van der Waals surface area contributed by atoms with Crippen LogP contribution in [0.15, 0.2) is 18.3 Å². The zero-order valence-electron chi connectivity index (χ0n) is 11.0. The Morgan fingerprint density at radius 2 is 2.28 bits per heavy atom. The van der Waals surface area contributed by atoms with Crippen LogP contribution < -0.4 is 5.73 Å². The molecule has 1 aromatic heterocycles. The van der Waals surface area contributed by atoms with Gasteiger partial charge in [-0.25, -0.2) is 4.98 Å². The maximum absolute atomic E-state index is 12.3. The molecule has 1 fully saturated rings. The lowest BCUT2D eigenvalue weighted by atomic mass is 10.1. The number of hydrogen-bond acceptors (Lipinski definition) is 4. The number of amides is 1. The van der Waals surface area contributed by atoms with Gasteiger partial charge in [0.1, 0.15) is 5.82 Å². The Bertz CT molecular complexity index is 418. The predicted octanol–water partition coefficient (Wildman–Crippen LogP) is 0.830. The third-order valence-corrected chi connectivity index (χ3v) is 3.49. The number of carbonyl (C=O) groups is 1. The molecule has 1 atom stereocenters. The molecule has 18 heavy (non-hydrogen) atoms. The van der Waals surface area contributed by atoms with Crippen LogP contribution >= 0.6 is 0 Å². The minimum absolute atomic E-state index is 0.0464. The summed E-state index contributed by atoms with van der Waals surface area (Å²) in [6.45, 7) is 7.83. The van der Waals surface area contributed by atoms with Gasteiger partial charge in [-0.3, -0.25) is 9.69 Å². The highest BCUT2D eigenvalue weighted by atomic mass is 16.2. The quantitative estimate of drug-likeness (QED) is 0.842. The summed E-state index contributed by atoms with van der Waals surface area (Å²) < 4.78 is 0. The first kappa shape index (κ1) is 12.8. The number of nitrogen functional groups attached to an aromatic ring is 1. The van der Waals surface area contributed by atoms with Gasteiger partial charge < -0.3 is 10.6 Å². The molecule has 1 aliphatic heterocycles. The Morgan fingerprint density at radius 3 is 2.83 bits per heavy atom. The van der Waals surface area contributed by atoms with Crippen molar-refractivity contribution in [3.05, 3.63) is 23.9 Å². The number of likely N-dealkylation sites (N-methyl/N-ethyl adjacent to an activating group) is 1. The van der Waals surface area contributed by atoms with Gasteiger partial charge in [0.2, 0.25) is 0 Å². The molecule has 0 spiro atoms. The summed E-state index contributed by atoms with van der Waals surface area (Å²) in [7, 11) is 0. The first-order valence-electron chi connectivity index (χ1n) is 6.36. The normalized spacial score (nSPS) is 21.0. The Labute approximate surface area is 108 Å². The van der Waals surface area contributed by atoms with Crippen molar-refractivity contribution in [2.45, 2.75) is 19.9 Å². The number of anilines is 1. The van der Waals surface area contributed by atoms with E-state index in [1.807, 2.05) is 4.90 Å². The molecule has 1 unspecified atom stereocenters. The van der Waals surface area contributed by atoms with E-state index in [2.05, 4.69) is 23.7 Å². The van der Waals surface area contributed by atoms with Crippen molar-refractivity contribution in [3.8, 4) is 0 Å². The van der Waals surface area contributed by atoms with E-state index >= 15 is 0 Å². The number of piperazine rings is 1. The van der Waals surface area contributed by atoms with Crippen molar-refractivity contribution in [2.24, 2.45) is 0 Å². The average Bonchev–Trinajstić information content (AvgIpc) is 2.38. The lowest BCUT2D eigenvalue weighted by molar-refractivity contribution is 0.0528. The topological polar surface area (TPSA) is 62.5 Å². The maximum Gasteiger partial charge on any atom is 0.255 e. The van der Waals surface area contributed by atoms with E-state index < -0.39 is 0 Å². The first-order chi connectivity index (χ1) is 8.61. The summed E-state index contributed by atoms with van der Waals surface area (Å²) >= 11 is 0. The maximum atomic E-state index is 12.3. The summed E-state index contributed by atoms with van der Waals surface area (Å²) in [5, 5.41) is 0. The minimum atomic E-state index is 0.0464. The third kappa shape index (κ3) is 2.61. The molecular formula is C13H20N4O. The molecule has 2 N–H and O–H groups in total. The van der Waals surface area contributed by atoms with Crippen LogP contribution in [0.1, 0.15) is 24.2 Å². The smallest absolute Gasteiger partial charge is 0.255 e. The summed E-state index contributed by atoms with van der Waals surface area (Å²) in [4.78, 5) is 20.5. The van der Waals surface area contributed by atoms with Crippen LogP contribution in [0.25, 0.3) is 0 Å². The summed E-state index contributed by atoms with van der Waals surface area (Å²) in [5.41, 5.74) is 6.13. The molecule has 0 aromatic carbocycles. The summed E-state index contributed by atoms with van der Waals surface area (Å²) in [6.07, 6.45) is 1.55. The fourth-order valence-electron chi connectivity index (χ4n) is 2.36. The molecule has 5 nitrogen and oxygen atoms in total. The number of rotatable bonds is 2. The van der Waals surface area contributed by atoms with Crippen LogP contribution in [0.2, 0.25) is 0 Å². The molecule has 1 aromatic rings. The molecule has 0 saturated carbocycles. The molecule has 0 bridgehead atoms. The van der Waals surface area contributed by atoms with Crippen LogP contribution in [0, 0.1) is 0 Å². The predicted molar refractivity (Wildman–Crippen MR) is 71.3 cm³/mol. The molecule has 2 rings (SSSR count). The van der Waals surface area contributed by atoms with E-state index in [-0.39, 0.29) is 5.91 Å². The van der Waals surface area contributed by atoms with Gasteiger partial charge in [-0.1, -0.05) is 6.92 Å². The van der Waals surface area contributed by atoms with E-state index in [0.717, 1.165) is 26.2 Å². The van der Waals surface area contributed by atoms with Gasteiger partial charge in [-0.15, -0.1) is 0 Å². The van der Waals surface area contributed by atoms with Gasteiger partial charge in [-0.05, 0) is 25.6 Å². The monoisotopic (exact) mass is 248 g/mol. The first-order valence-corrected chi connectivity index (χ1v) is 6.36. The van der Waals surface area contributed by atoms with Crippen LogP contribution in [-0.4, -0.2) is 52.9 Å². The fourth-order valence-corrected chi connectivity index (χ4v) is 2.36. The van der Waals surface area contributed by atoms with E-state index in [9.17, 15) is 4.79 Å². The zero-order valence-corrected chi connectivity index (χ0v) is 11.0. The van der Waals surface area contributed by atoms with Crippen LogP contribution in [0.5, 0.6) is 0 Å². The Morgan fingerprint density at radius 1 is 1.50 bits per heavy atom. The molecule has 2 heterocycles. The van der Waals surface area contributed by atoms with Gasteiger partial charge in [-0.2, -0.15) is 0 Å². The number of pyridine rings is 1. The molecule has 0 radical (unpaired) electrons. The molecular weight excluding hydrogens is 228 g/mol. The minimum Gasteiger partial charge on any atom is -0.384 e.